The lowest BCUT2D eigenvalue weighted by Gasteiger charge is -2.21. The molecule has 0 radical (unpaired) electrons. The summed E-state index contributed by atoms with van der Waals surface area (Å²) in [4.78, 5) is 25.1. The van der Waals surface area contributed by atoms with Crippen molar-refractivity contribution in [1.29, 1.82) is 0 Å². The Kier molecular flexibility index (Phi) is 6.52. The third kappa shape index (κ3) is 4.89. The second-order valence-corrected chi connectivity index (χ2v) is 4.07. The molecule has 1 aromatic rings. The van der Waals surface area contributed by atoms with Gasteiger partial charge in [0.1, 0.15) is 12.3 Å². The molecule has 20 heavy (non-hydrogen) atoms. The summed E-state index contributed by atoms with van der Waals surface area (Å²) in [6.07, 6.45) is 0. The maximum absolute atomic E-state index is 12.3. The van der Waals surface area contributed by atoms with Crippen molar-refractivity contribution in [1.82, 2.24) is 4.90 Å². The summed E-state index contributed by atoms with van der Waals surface area (Å²) >= 11 is 0. The monoisotopic (exact) mass is 281 g/mol. The maximum Gasteiger partial charge on any atom is 0.325 e. The van der Waals surface area contributed by atoms with Crippen molar-refractivity contribution in [3.8, 4) is 5.75 Å². The van der Waals surface area contributed by atoms with Crippen molar-refractivity contribution in [2.24, 2.45) is 0 Å². The summed E-state index contributed by atoms with van der Waals surface area (Å²) in [5.41, 5.74) is 0.311. The van der Waals surface area contributed by atoms with Crippen LogP contribution in [0.15, 0.2) is 24.3 Å². The van der Waals surface area contributed by atoms with E-state index in [1.165, 1.54) is 24.1 Å². The van der Waals surface area contributed by atoms with Crippen LogP contribution in [0.2, 0.25) is 0 Å². The van der Waals surface area contributed by atoms with Gasteiger partial charge in [0.2, 0.25) is 0 Å². The van der Waals surface area contributed by atoms with Gasteiger partial charge in [0.15, 0.2) is 0 Å². The Morgan fingerprint density at radius 2 is 2.10 bits per heavy atom. The number of rotatable bonds is 7. The summed E-state index contributed by atoms with van der Waals surface area (Å²) in [7, 11) is 1.52. The van der Waals surface area contributed by atoms with E-state index in [0.29, 0.717) is 12.2 Å². The molecule has 0 bridgehead atoms. The predicted molar refractivity (Wildman–Crippen MR) is 72.5 cm³/mol. The van der Waals surface area contributed by atoms with E-state index in [0.717, 1.165) is 0 Å². The lowest BCUT2D eigenvalue weighted by atomic mass is 10.2. The third-order valence-electron chi connectivity index (χ3n) is 2.57. The number of aromatic hydroxyl groups is 1. The van der Waals surface area contributed by atoms with Gasteiger partial charge in [0.05, 0.1) is 13.2 Å². The second kappa shape index (κ2) is 8.16. The number of benzene rings is 1. The van der Waals surface area contributed by atoms with Gasteiger partial charge in [-0.15, -0.1) is 0 Å². The fourth-order valence-electron chi connectivity index (χ4n) is 1.64. The van der Waals surface area contributed by atoms with Crippen LogP contribution >= 0.6 is 0 Å². The van der Waals surface area contributed by atoms with Crippen LogP contribution in [-0.4, -0.2) is 55.3 Å². The molecule has 1 aromatic carbocycles. The van der Waals surface area contributed by atoms with E-state index in [4.69, 9.17) is 9.47 Å². The fraction of sp³-hybridized carbons (Fsp3) is 0.429. The zero-order valence-electron chi connectivity index (χ0n) is 11.7. The largest absolute Gasteiger partial charge is 0.508 e. The Bertz CT molecular complexity index is 461. The van der Waals surface area contributed by atoms with Crippen molar-refractivity contribution in [2.75, 3.05) is 33.4 Å². The molecular weight excluding hydrogens is 262 g/mol. The molecule has 0 atom stereocenters. The number of phenolic OH excluding ortho intramolecular Hbond substituents is 1. The Morgan fingerprint density at radius 1 is 1.35 bits per heavy atom. The Hall–Kier alpha value is -2.08. The van der Waals surface area contributed by atoms with Gasteiger partial charge in [-0.05, 0) is 25.1 Å². The van der Waals surface area contributed by atoms with Gasteiger partial charge in [0.25, 0.3) is 5.91 Å². The summed E-state index contributed by atoms with van der Waals surface area (Å²) in [5.74, 6) is -0.832. The number of methoxy groups -OCH3 is 1. The smallest absolute Gasteiger partial charge is 0.325 e. The zero-order valence-corrected chi connectivity index (χ0v) is 11.7. The first kappa shape index (κ1) is 16.0. The van der Waals surface area contributed by atoms with E-state index in [1.54, 1.807) is 19.1 Å². The molecule has 0 aromatic heterocycles. The van der Waals surface area contributed by atoms with Crippen molar-refractivity contribution >= 4 is 11.9 Å². The first-order chi connectivity index (χ1) is 9.58. The number of esters is 1. The van der Waals surface area contributed by atoms with E-state index in [2.05, 4.69) is 0 Å². The van der Waals surface area contributed by atoms with Gasteiger partial charge in [-0.3, -0.25) is 9.59 Å². The summed E-state index contributed by atoms with van der Waals surface area (Å²) < 4.78 is 9.77. The van der Waals surface area contributed by atoms with Crippen molar-refractivity contribution in [3.63, 3.8) is 0 Å². The summed E-state index contributed by atoms with van der Waals surface area (Å²) in [6.45, 7) is 2.39. The van der Waals surface area contributed by atoms with Crippen LogP contribution in [0.25, 0.3) is 0 Å². The molecule has 0 aliphatic carbocycles. The Balaban J connectivity index is 2.80. The first-order valence-corrected chi connectivity index (χ1v) is 6.31. The fourth-order valence-corrected chi connectivity index (χ4v) is 1.64. The predicted octanol–water partition coefficient (Wildman–Crippen LogP) is 1.04. The second-order valence-electron chi connectivity index (χ2n) is 4.07. The molecule has 0 spiro atoms. The van der Waals surface area contributed by atoms with E-state index in [1.807, 2.05) is 0 Å². The SMILES string of the molecule is CCOC(=O)CN(CCOC)C(=O)c1cccc(O)c1. The van der Waals surface area contributed by atoms with Gasteiger partial charge in [-0.1, -0.05) is 6.07 Å². The van der Waals surface area contributed by atoms with E-state index in [-0.39, 0.29) is 31.4 Å². The van der Waals surface area contributed by atoms with Crippen LogP contribution < -0.4 is 0 Å². The molecule has 0 aliphatic rings. The van der Waals surface area contributed by atoms with Crippen LogP contribution in [0.3, 0.4) is 0 Å². The molecule has 1 N–H and O–H groups in total. The van der Waals surface area contributed by atoms with Gasteiger partial charge < -0.3 is 19.5 Å². The molecule has 0 aliphatic heterocycles. The van der Waals surface area contributed by atoms with Crippen LogP contribution in [0.4, 0.5) is 0 Å². The Morgan fingerprint density at radius 3 is 2.70 bits per heavy atom. The summed E-state index contributed by atoms with van der Waals surface area (Å²) in [6, 6.07) is 5.98. The van der Waals surface area contributed by atoms with Gasteiger partial charge in [-0.2, -0.15) is 0 Å². The number of ether oxygens (including phenoxy) is 2. The molecule has 6 heteroatoms. The zero-order chi connectivity index (χ0) is 15.0. The van der Waals surface area contributed by atoms with E-state index in [9.17, 15) is 14.7 Å². The highest BCUT2D eigenvalue weighted by Crippen LogP contribution is 2.13. The van der Waals surface area contributed by atoms with Crippen LogP contribution in [0.1, 0.15) is 17.3 Å². The van der Waals surface area contributed by atoms with Crippen molar-refractivity contribution in [2.45, 2.75) is 6.92 Å². The summed E-state index contributed by atoms with van der Waals surface area (Å²) in [5, 5.41) is 9.40. The van der Waals surface area contributed by atoms with Crippen LogP contribution in [-0.2, 0) is 14.3 Å². The standard InChI is InChI=1S/C14H19NO5/c1-3-20-13(17)10-15(7-8-19-2)14(18)11-5-4-6-12(16)9-11/h4-6,9,16H,3,7-8,10H2,1-2H3. The van der Waals surface area contributed by atoms with Gasteiger partial charge in [-0.25, -0.2) is 0 Å². The van der Waals surface area contributed by atoms with Crippen molar-refractivity contribution in [3.05, 3.63) is 29.8 Å². The molecule has 1 rings (SSSR count). The molecule has 0 saturated carbocycles. The molecule has 110 valence electrons. The van der Waals surface area contributed by atoms with Crippen LogP contribution in [0.5, 0.6) is 5.75 Å². The number of carbonyl (C=O) groups excluding carboxylic acids is 2. The average molecular weight is 281 g/mol. The number of phenols is 1. The lowest BCUT2D eigenvalue weighted by molar-refractivity contribution is -0.143. The van der Waals surface area contributed by atoms with Gasteiger partial charge in [0, 0.05) is 19.2 Å². The topological polar surface area (TPSA) is 76.1 Å². The third-order valence-corrected chi connectivity index (χ3v) is 2.57. The molecule has 6 nitrogen and oxygen atoms in total. The first-order valence-electron chi connectivity index (χ1n) is 6.31. The quantitative estimate of drug-likeness (QED) is 0.756. The van der Waals surface area contributed by atoms with Crippen LogP contribution in [0, 0.1) is 0 Å². The highest BCUT2D eigenvalue weighted by Gasteiger charge is 2.19. The number of hydrogen-bond acceptors (Lipinski definition) is 5. The molecule has 0 unspecified atom stereocenters. The molecule has 0 heterocycles. The van der Waals surface area contributed by atoms with Crippen molar-refractivity contribution < 1.29 is 24.2 Å². The number of amides is 1. The number of nitrogens with zero attached hydrogens (tertiary/aromatic N) is 1. The number of hydrogen-bond donors (Lipinski definition) is 1. The normalized spacial score (nSPS) is 10.1. The molecular formula is C14H19NO5. The minimum atomic E-state index is -0.475. The number of carbonyl (C=O) groups is 2. The Labute approximate surface area is 117 Å². The highest BCUT2D eigenvalue weighted by molar-refractivity contribution is 5.96. The molecule has 0 saturated heterocycles. The minimum Gasteiger partial charge on any atom is -0.508 e. The van der Waals surface area contributed by atoms with E-state index < -0.39 is 5.97 Å². The highest BCUT2D eigenvalue weighted by atomic mass is 16.5. The van der Waals surface area contributed by atoms with E-state index >= 15 is 0 Å². The maximum atomic E-state index is 12.3. The average Bonchev–Trinajstić information content (AvgIpc) is 2.43. The lowest BCUT2D eigenvalue weighted by Crippen LogP contribution is -2.38. The molecule has 1 amide bonds. The minimum absolute atomic E-state index is 0.00123. The van der Waals surface area contributed by atoms with Gasteiger partial charge >= 0.3 is 5.97 Å². The molecule has 0 fully saturated rings.